The van der Waals surface area contributed by atoms with E-state index in [9.17, 15) is 9.59 Å². The minimum absolute atomic E-state index is 0.0414. The summed E-state index contributed by atoms with van der Waals surface area (Å²) < 4.78 is 5.13. The lowest BCUT2D eigenvalue weighted by atomic mass is 9.75. The molecule has 6 heteroatoms. The van der Waals surface area contributed by atoms with Crippen LogP contribution in [0.25, 0.3) is 0 Å². The number of nitrogens with one attached hydrogen (secondary N) is 3. The predicted molar refractivity (Wildman–Crippen MR) is 122 cm³/mol. The van der Waals surface area contributed by atoms with Crippen LogP contribution in [0.5, 0.6) is 5.75 Å². The Kier molecular flexibility index (Phi) is 6.87. The number of quaternary nitrogens is 1. The van der Waals surface area contributed by atoms with Crippen molar-refractivity contribution in [3.63, 3.8) is 0 Å². The number of anilines is 2. The van der Waals surface area contributed by atoms with Gasteiger partial charge in [-0.2, -0.15) is 0 Å². The molecule has 0 spiro atoms. The monoisotopic (exact) mass is 422 g/mol. The van der Waals surface area contributed by atoms with Gasteiger partial charge in [0.15, 0.2) is 6.54 Å². The first-order valence-electron chi connectivity index (χ1n) is 11.3. The molecule has 2 aliphatic rings. The van der Waals surface area contributed by atoms with E-state index in [1.807, 2.05) is 0 Å². The molecule has 3 N–H and O–H groups in total. The number of carbonyl (C=O) groups excluding carboxylic acids is 2. The molecule has 2 amide bonds. The molecule has 6 nitrogen and oxygen atoms in total. The first kappa shape index (κ1) is 21.4. The molecule has 164 valence electrons. The SMILES string of the molecule is COc1ccc(NC(=O)c2ccc(NC(=O)C[NH+]3CC[C@H]4CCCC[C@@H]4C3)cc2)cc1. The summed E-state index contributed by atoms with van der Waals surface area (Å²) in [5, 5.41) is 5.85. The summed E-state index contributed by atoms with van der Waals surface area (Å²) in [5.41, 5.74) is 1.96. The molecule has 4 rings (SSSR count). The average Bonchev–Trinajstić information content (AvgIpc) is 2.80. The second-order valence-electron chi connectivity index (χ2n) is 8.78. The third-order valence-electron chi connectivity index (χ3n) is 6.68. The van der Waals surface area contributed by atoms with Gasteiger partial charge >= 0.3 is 0 Å². The van der Waals surface area contributed by atoms with Gasteiger partial charge < -0.3 is 20.3 Å². The smallest absolute Gasteiger partial charge is 0.279 e. The Bertz CT molecular complexity index is 895. The standard InChI is InChI=1S/C25H31N3O3/c1-31-23-12-10-22(11-13-23)27-25(30)19-6-8-21(9-7-19)26-24(29)17-28-15-14-18-4-2-3-5-20(18)16-28/h6-13,18,20H,2-5,14-17H2,1H3,(H,26,29)(H,27,30)/p+1/t18-,20-/m1/s1. The number of fused-ring (bicyclic) bond motifs is 1. The van der Waals surface area contributed by atoms with Crippen molar-refractivity contribution >= 4 is 23.2 Å². The topological polar surface area (TPSA) is 71.9 Å². The van der Waals surface area contributed by atoms with Crippen molar-refractivity contribution in [3.05, 3.63) is 54.1 Å². The Balaban J connectivity index is 1.26. The van der Waals surface area contributed by atoms with Crippen LogP contribution in [-0.4, -0.2) is 38.6 Å². The summed E-state index contributed by atoms with van der Waals surface area (Å²) in [5.74, 6) is 2.27. The van der Waals surface area contributed by atoms with Gasteiger partial charge in [-0.05, 0) is 73.7 Å². The zero-order chi connectivity index (χ0) is 21.6. The maximum atomic E-state index is 12.5. The number of likely N-dealkylation sites (tertiary alicyclic amines) is 1. The maximum absolute atomic E-state index is 12.5. The molecule has 0 radical (unpaired) electrons. The van der Waals surface area contributed by atoms with Crippen LogP contribution in [0, 0.1) is 11.8 Å². The summed E-state index contributed by atoms with van der Waals surface area (Å²) in [6.45, 7) is 2.74. The number of ether oxygens (including phenoxy) is 1. The Morgan fingerprint density at radius 3 is 2.26 bits per heavy atom. The van der Waals surface area contributed by atoms with Gasteiger partial charge in [-0.15, -0.1) is 0 Å². The molecule has 1 aliphatic heterocycles. The summed E-state index contributed by atoms with van der Waals surface area (Å²) in [6.07, 6.45) is 6.69. The van der Waals surface area contributed by atoms with Crippen molar-refractivity contribution in [1.82, 2.24) is 0 Å². The number of piperidine rings is 1. The number of hydrogen-bond acceptors (Lipinski definition) is 3. The van der Waals surface area contributed by atoms with Crippen LogP contribution in [0.4, 0.5) is 11.4 Å². The Labute approximate surface area is 184 Å². The third-order valence-corrected chi connectivity index (χ3v) is 6.68. The van der Waals surface area contributed by atoms with E-state index in [0.717, 1.165) is 36.4 Å². The highest BCUT2D eigenvalue weighted by molar-refractivity contribution is 6.04. The second kappa shape index (κ2) is 9.96. The van der Waals surface area contributed by atoms with Crippen LogP contribution in [0.15, 0.2) is 48.5 Å². The molecule has 1 unspecified atom stereocenters. The molecule has 31 heavy (non-hydrogen) atoms. The molecule has 1 aliphatic carbocycles. The zero-order valence-electron chi connectivity index (χ0n) is 18.2. The number of hydrogen-bond donors (Lipinski definition) is 3. The molecular formula is C25H32N3O3+. The summed E-state index contributed by atoms with van der Waals surface area (Å²) in [6, 6.07) is 14.2. The average molecular weight is 423 g/mol. The van der Waals surface area contributed by atoms with Gasteiger partial charge in [-0.1, -0.05) is 12.8 Å². The molecule has 0 bridgehead atoms. The normalized spacial score (nSPS) is 22.8. The van der Waals surface area contributed by atoms with Crippen molar-refractivity contribution in [3.8, 4) is 5.75 Å². The van der Waals surface area contributed by atoms with Gasteiger partial charge in [-0.3, -0.25) is 9.59 Å². The lowest BCUT2D eigenvalue weighted by Gasteiger charge is -2.38. The fourth-order valence-electron chi connectivity index (χ4n) is 4.97. The van der Waals surface area contributed by atoms with E-state index in [2.05, 4.69) is 10.6 Å². The third kappa shape index (κ3) is 5.64. The highest BCUT2D eigenvalue weighted by Crippen LogP contribution is 2.32. The van der Waals surface area contributed by atoms with Gasteiger partial charge in [-0.25, -0.2) is 0 Å². The first-order chi connectivity index (χ1) is 15.1. The molecule has 2 fully saturated rings. The van der Waals surface area contributed by atoms with Crippen LogP contribution >= 0.6 is 0 Å². The Hall–Kier alpha value is -2.86. The van der Waals surface area contributed by atoms with Gasteiger partial charge in [0.2, 0.25) is 0 Å². The van der Waals surface area contributed by atoms with Crippen LogP contribution in [-0.2, 0) is 4.79 Å². The summed E-state index contributed by atoms with van der Waals surface area (Å²) in [4.78, 5) is 26.4. The molecule has 1 saturated carbocycles. The molecule has 3 atom stereocenters. The van der Waals surface area contributed by atoms with E-state index in [1.165, 1.54) is 37.0 Å². The van der Waals surface area contributed by atoms with E-state index in [1.54, 1.807) is 55.6 Å². The number of benzene rings is 2. The van der Waals surface area contributed by atoms with Crippen LogP contribution in [0.2, 0.25) is 0 Å². The highest BCUT2D eigenvalue weighted by atomic mass is 16.5. The van der Waals surface area contributed by atoms with E-state index < -0.39 is 0 Å². The van der Waals surface area contributed by atoms with E-state index in [4.69, 9.17) is 4.74 Å². The fourth-order valence-corrected chi connectivity index (χ4v) is 4.97. The first-order valence-corrected chi connectivity index (χ1v) is 11.3. The van der Waals surface area contributed by atoms with Crippen molar-refractivity contribution in [1.29, 1.82) is 0 Å². The van der Waals surface area contributed by atoms with Gasteiger partial charge in [0.25, 0.3) is 11.8 Å². The fraction of sp³-hybridized carbons (Fsp3) is 0.440. The number of amides is 2. The Morgan fingerprint density at radius 2 is 1.55 bits per heavy atom. The minimum Gasteiger partial charge on any atom is -0.497 e. The van der Waals surface area contributed by atoms with Crippen LogP contribution in [0.1, 0.15) is 42.5 Å². The summed E-state index contributed by atoms with van der Waals surface area (Å²) >= 11 is 0. The van der Waals surface area contributed by atoms with Gasteiger partial charge in [0.05, 0.1) is 20.2 Å². The van der Waals surface area contributed by atoms with Gasteiger partial charge in [0.1, 0.15) is 5.75 Å². The molecule has 1 heterocycles. The molecule has 2 aromatic carbocycles. The van der Waals surface area contributed by atoms with Crippen molar-refractivity contribution in [2.75, 3.05) is 37.4 Å². The van der Waals surface area contributed by atoms with Crippen molar-refractivity contribution in [2.45, 2.75) is 32.1 Å². The molecule has 2 aromatic rings. The minimum atomic E-state index is -0.192. The zero-order valence-corrected chi connectivity index (χ0v) is 18.2. The number of rotatable bonds is 6. The quantitative estimate of drug-likeness (QED) is 0.670. The second-order valence-corrected chi connectivity index (χ2v) is 8.78. The number of methoxy groups -OCH3 is 1. The van der Waals surface area contributed by atoms with E-state index >= 15 is 0 Å². The van der Waals surface area contributed by atoms with Gasteiger partial charge in [0, 0.05) is 22.9 Å². The van der Waals surface area contributed by atoms with Crippen LogP contribution < -0.4 is 20.3 Å². The van der Waals surface area contributed by atoms with E-state index in [0.29, 0.717) is 17.8 Å². The Morgan fingerprint density at radius 1 is 0.903 bits per heavy atom. The molecule has 1 saturated heterocycles. The van der Waals surface area contributed by atoms with E-state index in [-0.39, 0.29) is 11.8 Å². The molecular weight excluding hydrogens is 390 g/mol. The largest absolute Gasteiger partial charge is 0.497 e. The highest BCUT2D eigenvalue weighted by Gasteiger charge is 2.34. The predicted octanol–water partition coefficient (Wildman–Crippen LogP) is 2.98. The maximum Gasteiger partial charge on any atom is 0.279 e. The van der Waals surface area contributed by atoms with Crippen molar-refractivity contribution < 1.29 is 19.2 Å². The molecule has 0 aromatic heterocycles. The number of carbonyl (C=O) groups is 2. The van der Waals surface area contributed by atoms with Crippen LogP contribution in [0.3, 0.4) is 0 Å². The lowest BCUT2D eigenvalue weighted by molar-refractivity contribution is -0.902. The summed E-state index contributed by atoms with van der Waals surface area (Å²) in [7, 11) is 1.60. The lowest BCUT2D eigenvalue weighted by Crippen LogP contribution is -3.15. The van der Waals surface area contributed by atoms with Crippen molar-refractivity contribution in [2.24, 2.45) is 11.8 Å².